The summed E-state index contributed by atoms with van der Waals surface area (Å²) in [5.41, 5.74) is 7.60. The molecule has 0 aromatic carbocycles. The van der Waals surface area contributed by atoms with Crippen molar-refractivity contribution >= 4 is 33.8 Å². The zero-order valence-electron chi connectivity index (χ0n) is 13.1. The van der Waals surface area contributed by atoms with Crippen LogP contribution in [-0.4, -0.2) is 32.1 Å². The van der Waals surface area contributed by atoms with E-state index >= 15 is 0 Å². The molecule has 0 unspecified atom stereocenters. The molecule has 122 valence electrons. The van der Waals surface area contributed by atoms with Gasteiger partial charge in [0.25, 0.3) is 0 Å². The second kappa shape index (κ2) is 7.38. The average Bonchev–Trinajstić information content (AvgIpc) is 3.19. The molecule has 3 aromatic heterocycles. The number of hydrogen-bond acceptors (Lipinski definition) is 7. The number of nitrogens with two attached hydrogens (primary N) is 1. The van der Waals surface area contributed by atoms with Crippen LogP contribution in [0.4, 0.5) is 16.8 Å². The van der Waals surface area contributed by atoms with Gasteiger partial charge in [-0.25, -0.2) is 4.52 Å². The number of nitrogens with zero attached hydrogens (tertiary/aromatic N) is 4. The Balaban J connectivity index is 0.000000220. The van der Waals surface area contributed by atoms with Gasteiger partial charge in [-0.2, -0.15) is 9.36 Å². The highest BCUT2D eigenvalue weighted by molar-refractivity contribution is 7.10. The Kier molecular flexibility index (Phi) is 5.04. The number of aryl methyl sites for hydroxylation is 1. The summed E-state index contributed by atoms with van der Waals surface area (Å²) in [5, 5.41) is 11.6. The molecular weight excluding hydrogens is 310 g/mol. The first kappa shape index (κ1) is 15.7. The van der Waals surface area contributed by atoms with Crippen LogP contribution >= 0.6 is 11.5 Å². The van der Waals surface area contributed by atoms with Crippen molar-refractivity contribution in [1.82, 2.24) is 24.3 Å². The summed E-state index contributed by atoms with van der Waals surface area (Å²) in [6, 6.07) is 5.68. The van der Waals surface area contributed by atoms with Gasteiger partial charge in [0.05, 0.1) is 5.69 Å². The minimum Gasteiger partial charge on any atom is -0.382 e. The molecule has 4 heterocycles. The lowest BCUT2D eigenvalue weighted by Gasteiger charge is -2.08. The Morgan fingerprint density at radius 2 is 2.13 bits per heavy atom. The van der Waals surface area contributed by atoms with Crippen LogP contribution in [0.2, 0.25) is 0 Å². The highest BCUT2D eigenvalue weighted by Crippen LogP contribution is 2.20. The van der Waals surface area contributed by atoms with Gasteiger partial charge in [-0.1, -0.05) is 6.42 Å². The SMILES string of the molecule is C1CCNCC1.Cc1cc(Nc2nc(N)c3cccn3n2)sn1. The van der Waals surface area contributed by atoms with Gasteiger partial charge in [-0.3, -0.25) is 0 Å². The molecule has 0 radical (unpaired) electrons. The molecule has 23 heavy (non-hydrogen) atoms. The molecule has 1 saturated heterocycles. The van der Waals surface area contributed by atoms with Crippen molar-refractivity contribution < 1.29 is 0 Å². The van der Waals surface area contributed by atoms with Crippen molar-refractivity contribution in [2.75, 3.05) is 24.1 Å². The van der Waals surface area contributed by atoms with Crippen molar-refractivity contribution in [2.24, 2.45) is 0 Å². The van der Waals surface area contributed by atoms with Gasteiger partial charge >= 0.3 is 0 Å². The maximum atomic E-state index is 5.84. The zero-order valence-corrected chi connectivity index (χ0v) is 13.9. The molecule has 0 aliphatic carbocycles. The van der Waals surface area contributed by atoms with Gasteiger partial charge in [0.1, 0.15) is 10.5 Å². The van der Waals surface area contributed by atoms with Gasteiger partial charge < -0.3 is 16.4 Å². The van der Waals surface area contributed by atoms with Gasteiger partial charge in [0.15, 0.2) is 5.82 Å². The molecule has 8 heteroatoms. The third kappa shape index (κ3) is 4.17. The van der Waals surface area contributed by atoms with E-state index in [1.54, 1.807) is 4.52 Å². The minimum atomic E-state index is 0.453. The molecule has 7 nitrogen and oxygen atoms in total. The second-order valence-electron chi connectivity index (χ2n) is 5.43. The second-order valence-corrected chi connectivity index (χ2v) is 6.23. The van der Waals surface area contributed by atoms with Gasteiger partial charge in [-0.15, -0.1) is 5.10 Å². The molecule has 1 fully saturated rings. The van der Waals surface area contributed by atoms with Gasteiger partial charge in [0, 0.05) is 6.20 Å². The predicted octanol–water partition coefficient (Wildman–Crippen LogP) is 2.58. The third-order valence-electron chi connectivity index (χ3n) is 3.49. The van der Waals surface area contributed by atoms with Crippen LogP contribution in [0.5, 0.6) is 0 Å². The fourth-order valence-electron chi connectivity index (χ4n) is 2.35. The van der Waals surface area contributed by atoms with Crippen LogP contribution < -0.4 is 16.4 Å². The molecule has 4 rings (SSSR count). The summed E-state index contributed by atoms with van der Waals surface area (Å²) in [4.78, 5) is 4.19. The summed E-state index contributed by atoms with van der Waals surface area (Å²) < 4.78 is 5.87. The smallest absolute Gasteiger partial charge is 0.248 e. The first-order valence-corrected chi connectivity index (χ1v) is 8.51. The standard InChI is InChI=1S/C10H10N6S.C5H11N/c1-6-5-8(17-15-6)12-10-13-9(11)7-3-2-4-16(7)14-10;1-2-4-6-5-3-1/h2-5H,1H3,(H3,11,12,13,14);6H,1-5H2. The lowest BCUT2D eigenvalue weighted by molar-refractivity contribution is 0.520. The minimum absolute atomic E-state index is 0.453. The largest absolute Gasteiger partial charge is 0.382 e. The summed E-state index contributed by atoms with van der Waals surface area (Å²) in [5.74, 6) is 0.920. The monoisotopic (exact) mass is 331 g/mol. The Morgan fingerprint density at radius 1 is 1.30 bits per heavy atom. The summed E-state index contributed by atoms with van der Waals surface area (Å²) in [7, 11) is 0. The van der Waals surface area contributed by atoms with Crippen molar-refractivity contribution in [1.29, 1.82) is 0 Å². The number of nitrogens with one attached hydrogen (secondary N) is 2. The molecule has 0 amide bonds. The molecule has 1 aliphatic rings. The molecule has 0 bridgehead atoms. The number of piperidine rings is 1. The summed E-state index contributed by atoms with van der Waals surface area (Å²) in [6.07, 6.45) is 6.05. The Bertz CT molecular complexity index is 749. The number of rotatable bonds is 2. The van der Waals surface area contributed by atoms with Crippen LogP contribution in [0.15, 0.2) is 24.4 Å². The highest BCUT2D eigenvalue weighted by Gasteiger charge is 2.06. The van der Waals surface area contributed by atoms with Crippen molar-refractivity contribution in [2.45, 2.75) is 26.2 Å². The van der Waals surface area contributed by atoms with E-state index in [1.165, 1.54) is 43.9 Å². The maximum absolute atomic E-state index is 5.84. The summed E-state index contributed by atoms with van der Waals surface area (Å²) >= 11 is 1.37. The quantitative estimate of drug-likeness (QED) is 0.668. The Morgan fingerprint density at radius 3 is 2.74 bits per heavy atom. The van der Waals surface area contributed by atoms with Gasteiger partial charge in [0.2, 0.25) is 5.95 Å². The zero-order chi connectivity index (χ0) is 16.1. The summed E-state index contributed by atoms with van der Waals surface area (Å²) in [6.45, 7) is 4.44. The number of aromatic nitrogens is 4. The predicted molar refractivity (Wildman–Crippen MR) is 94.3 cm³/mol. The van der Waals surface area contributed by atoms with E-state index in [4.69, 9.17) is 5.73 Å². The van der Waals surface area contributed by atoms with Crippen LogP contribution in [0, 0.1) is 6.92 Å². The van der Waals surface area contributed by atoms with Crippen LogP contribution in [0.3, 0.4) is 0 Å². The molecule has 3 aromatic rings. The fraction of sp³-hybridized carbons (Fsp3) is 0.400. The van der Waals surface area contributed by atoms with E-state index in [-0.39, 0.29) is 0 Å². The number of fused-ring (bicyclic) bond motifs is 1. The highest BCUT2D eigenvalue weighted by atomic mass is 32.1. The molecule has 0 saturated carbocycles. The number of nitrogen functional groups attached to an aromatic ring is 1. The van der Waals surface area contributed by atoms with E-state index in [9.17, 15) is 0 Å². The van der Waals surface area contributed by atoms with E-state index in [0.29, 0.717) is 11.8 Å². The molecule has 1 aliphatic heterocycles. The van der Waals surface area contributed by atoms with Crippen LogP contribution in [-0.2, 0) is 0 Å². The van der Waals surface area contributed by atoms with E-state index in [2.05, 4.69) is 25.1 Å². The van der Waals surface area contributed by atoms with Crippen molar-refractivity contribution in [3.63, 3.8) is 0 Å². The van der Waals surface area contributed by atoms with Crippen LogP contribution in [0.1, 0.15) is 25.0 Å². The van der Waals surface area contributed by atoms with E-state index in [0.717, 1.165) is 16.2 Å². The Labute approximate surface area is 139 Å². The lowest BCUT2D eigenvalue weighted by Crippen LogP contribution is -2.21. The fourth-order valence-corrected chi connectivity index (χ4v) is 3.00. The molecule has 4 N–H and O–H groups in total. The lowest BCUT2D eigenvalue weighted by atomic mass is 10.2. The first-order valence-electron chi connectivity index (χ1n) is 7.74. The van der Waals surface area contributed by atoms with Crippen molar-refractivity contribution in [3.8, 4) is 0 Å². The maximum Gasteiger partial charge on any atom is 0.248 e. The molecule has 0 atom stereocenters. The number of anilines is 3. The Hall–Kier alpha value is -2.19. The van der Waals surface area contributed by atoms with E-state index in [1.807, 2.05) is 31.3 Å². The third-order valence-corrected chi connectivity index (χ3v) is 4.29. The van der Waals surface area contributed by atoms with Crippen LogP contribution in [0.25, 0.3) is 5.52 Å². The number of hydrogen-bond donors (Lipinski definition) is 3. The molecule has 0 spiro atoms. The topological polar surface area (TPSA) is 93.2 Å². The first-order chi connectivity index (χ1) is 11.2. The normalized spacial score (nSPS) is 14.3. The molecular formula is C15H21N7S. The van der Waals surface area contributed by atoms with Gasteiger partial charge in [-0.05, 0) is 62.6 Å². The van der Waals surface area contributed by atoms with E-state index < -0.39 is 0 Å². The van der Waals surface area contributed by atoms with Crippen molar-refractivity contribution in [3.05, 3.63) is 30.1 Å². The average molecular weight is 331 g/mol.